The van der Waals surface area contributed by atoms with Crippen LogP contribution in [0.1, 0.15) is 563 Å². The van der Waals surface area contributed by atoms with Gasteiger partial charge >= 0.3 is 0 Å². The highest BCUT2D eigenvalue weighted by Crippen LogP contribution is 2.30. The van der Waals surface area contributed by atoms with Crippen LogP contribution in [0.3, 0.4) is 0 Å². The second-order valence-electron chi connectivity index (χ2n) is 43.4. The summed E-state index contributed by atoms with van der Waals surface area (Å²) in [5, 5.41) is 32.4. The fraction of sp³-hybridized carbons (Fsp3) is 0.622. The van der Waals surface area contributed by atoms with E-state index in [1.165, 1.54) is 22.3 Å². The Bertz CT molecular complexity index is 4190. The van der Waals surface area contributed by atoms with Gasteiger partial charge in [0.15, 0.2) is 11.6 Å². The van der Waals surface area contributed by atoms with Gasteiger partial charge in [0, 0.05) is 108 Å². The van der Waals surface area contributed by atoms with Crippen molar-refractivity contribution < 1.29 is 0 Å². The number of aromatic nitrogens is 24. The summed E-state index contributed by atoms with van der Waals surface area (Å²) in [5.74, 6) is 13.7. The molecule has 0 amide bonds. The first-order valence-electron chi connectivity index (χ1n) is 49.4. The zero-order valence-electron chi connectivity index (χ0n) is 92.7. The lowest BCUT2D eigenvalue weighted by molar-refractivity contribution is 0.563. The minimum absolute atomic E-state index is 0.166. The summed E-state index contributed by atoms with van der Waals surface area (Å²) in [7, 11) is 0. The van der Waals surface area contributed by atoms with E-state index in [0.717, 1.165) is 103 Å². The molecule has 11 aromatic heterocycles. The molecule has 24 heteroatoms. The van der Waals surface area contributed by atoms with Gasteiger partial charge in [0.05, 0.1) is 69.8 Å². The number of pyridine rings is 1. The molecule has 744 valence electrons. The van der Waals surface area contributed by atoms with Gasteiger partial charge in [-0.3, -0.25) is 24.9 Å². The van der Waals surface area contributed by atoms with Gasteiger partial charge in [-0.05, 0) is 146 Å². The van der Waals surface area contributed by atoms with Crippen LogP contribution in [0.4, 0.5) is 0 Å². The Morgan fingerprint density at radius 2 is 0.504 bits per heavy atom. The van der Waals surface area contributed by atoms with E-state index in [9.17, 15) is 0 Å². The lowest BCUT2D eigenvalue weighted by atomic mass is 9.82. The van der Waals surface area contributed by atoms with Gasteiger partial charge in [0.2, 0.25) is 0 Å². The Kier molecular flexibility index (Phi) is 55.5. The molecule has 135 heavy (non-hydrogen) atoms. The van der Waals surface area contributed by atoms with Crippen molar-refractivity contribution in [3.8, 4) is 0 Å². The molecule has 11 aromatic rings. The highest BCUT2D eigenvalue weighted by Gasteiger charge is 2.21. The molecule has 0 saturated carbocycles. The normalized spacial score (nSPS) is 11.5. The van der Waals surface area contributed by atoms with E-state index < -0.39 is 0 Å². The van der Waals surface area contributed by atoms with Crippen LogP contribution in [0.25, 0.3) is 0 Å². The van der Waals surface area contributed by atoms with Crippen LogP contribution in [0.15, 0.2) is 123 Å². The third-order valence-corrected chi connectivity index (χ3v) is 20.8. The average Bonchev–Trinajstić information content (AvgIpc) is 0.819. The largest absolute Gasteiger partial charge is 0.264 e. The summed E-state index contributed by atoms with van der Waals surface area (Å²) in [4.78, 5) is 68.5. The molecule has 0 N–H and O–H groups in total. The summed E-state index contributed by atoms with van der Waals surface area (Å²) in [5.41, 5.74) is 18.5. The average molecular weight is 1850 g/mol. The molecule has 0 radical (unpaired) electrons. The lowest BCUT2D eigenvalue weighted by Gasteiger charge is -2.23. The van der Waals surface area contributed by atoms with Crippen LogP contribution in [0.2, 0.25) is 0 Å². The van der Waals surface area contributed by atoms with Crippen molar-refractivity contribution in [2.24, 2.45) is 0 Å². The zero-order chi connectivity index (χ0) is 103. The maximum absolute atomic E-state index is 4.51. The molecule has 0 aromatic carbocycles. The number of hydrogen-bond donors (Lipinski definition) is 0. The van der Waals surface area contributed by atoms with Crippen molar-refractivity contribution in [2.45, 2.75) is 454 Å². The number of nitrogens with zero attached hydrogens (tertiary/aromatic N) is 24. The first-order valence-corrected chi connectivity index (χ1v) is 49.4. The van der Waals surface area contributed by atoms with E-state index in [0.29, 0.717) is 112 Å². The van der Waals surface area contributed by atoms with E-state index >= 15 is 0 Å². The molecule has 0 saturated heterocycles. The molecular formula is C111H180N24. The van der Waals surface area contributed by atoms with Crippen molar-refractivity contribution in [2.75, 3.05) is 0 Å². The molecule has 11 heterocycles. The molecule has 0 aliphatic rings. The lowest BCUT2D eigenvalue weighted by Crippen LogP contribution is -2.16. The van der Waals surface area contributed by atoms with E-state index in [2.05, 4.69) is 476 Å². The number of rotatable bonds is 19. The smallest absolute Gasteiger partial charge is 0.153 e. The molecule has 0 spiro atoms. The Hall–Kier alpha value is -10.3. The number of hydrogen-bond acceptors (Lipinski definition) is 24. The first-order chi connectivity index (χ1) is 62.6. The van der Waals surface area contributed by atoms with Crippen LogP contribution in [-0.4, -0.2) is 121 Å². The van der Waals surface area contributed by atoms with Crippen molar-refractivity contribution in [1.29, 1.82) is 0 Å². The highest BCUT2D eigenvalue weighted by molar-refractivity contribution is 5.29. The van der Waals surface area contributed by atoms with Crippen molar-refractivity contribution in [1.82, 2.24) is 121 Å². The Labute approximate surface area is 818 Å². The SMILES string of the molecule is CC(C)(C)c1cncc(C(C)(C)C)c1.CC(C)c1cc(C(C)(C)C)cnn1.CC(C)c1cc(C(C)C)ncn1.CC(C)c1ccc(C(C)C)nn1.CC(C)c1ccnc(C(C)C)n1.CC(C)c1cnc(C(C)C)cn1.CC(C)c1cnc(C(C)C)nc1.CC(C)c1cnc(C(C)C)nn1.CC(C)c1cncc(C(C)C)n1.CC(C)c1cnnc(C(C)C)n1.CC(C)c1ncnc(C(C)C)n1. The van der Waals surface area contributed by atoms with Crippen LogP contribution >= 0.6 is 0 Å². The highest BCUT2D eigenvalue weighted by atomic mass is 15.2. The Balaban J connectivity index is 0.000000743. The topological polar surface area (TPSA) is 309 Å². The molecule has 24 nitrogen and oxygen atoms in total. The van der Waals surface area contributed by atoms with Crippen molar-refractivity contribution >= 4 is 0 Å². The first kappa shape index (κ1) is 123. The summed E-state index contributed by atoms with van der Waals surface area (Å²) in [6.07, 6.45) is 25.7. The molecule has 0 unspecified atom stereocenters. The van der Waals surface area contributed by atoms with Gasteiger partial charge in [-0.15, -0.1) is 10.2 Å². The third kappa shape index (κ3) is 48.9. The molecule has 0 fully saturated rings. The minimum Gasteiger partial charge on any atom is -0.264 e. The van der Waals surface area contributed by atoms with Gasteiger partial charge in [0.1, 0.15) is 36.0 Å². The van der Waals surface area contributed by atoms with E-state index in [1.807, 2.05) is 74.2 Å². The standard InChI is InChI=1S/C13H21N.C11H18N2.6C10H16N2.3C9H15N3/c1-12(2,3)10-7-11(9-14-8-10)13(4,5)6;1-8(2)10-6-9(7-12-13-10)11(3,4)5;1-7(2)9-5-12-10(6-11-9)8(3)4;1-7(2)9-5-11-6-10(12-9)8(3)4;1-7(2)9-5-10(8(3)4)12-6-11-9;1-7(2)9-5-11-10(8(3)4)12-6-9;1-7(2)9-5-6-11-10(12-9)8(3)4;1-7(2)9-5-6-10(8(3)4)12-11-9;1-6(2)8-10-5-11-9(12-8)7(3)4;1-6(2)8-5-10-12-9(11-8)7(3)4;1-6(2)8-5-10-9(7(3)4)12-11-8/h7-9H,1-6H3;6-8H,1-5H3;6*5-8H,1-4H3;3*5-7H,1-4H3. The molecule has 0 bridgehead atoms. The fourth-order valence-electron chi connectivity index (χ4n) is 10.7. The van der Waals surface area contributed by atoms with Gasteiger partial charge in [-0.1, -0.05) is 331 Å². The van der Waals surface area contributed by atoms with Gasteiger partial charge < -0.3 is 0 Å². The van der Waals surface area contributed by atoms with E-state index in [1.54, 1.807) is 18.9 Å². The summed E-state index contributed by atoms with van der Waals surface area (Å²) < 4.78 is 0. The second kappa shape index (κ2) is 61.1. The Morgan fingerprint density at radius 1 is 0.178 bits per heavy atom. The predicted molar refractivity (Wildman–Crippen MR) is 562 cm³/mol. The van der Waals surface area contributed by atoms with E-state index in [4.69, 9.17) is 0 Å². The summed E-state index contributed by atoms with van der Waals surface area (Å²) in [6.45, 7) is 100. The molecule has 0 aliphatic carbocycles. The van der Waals surface area contributed by atoms with Gasteiger partial charge in [0.25, 0.3) is 0 Å². The van der Waals surface area contributed by atoms with Gasteiger partial charge in [-0.25, -0.2) is 54.8 Å². The monoisotopic (exact) mass is 1850 g/mol. The van der Waals surface area contributed by atoms with E-state index in [-0.39, 0.29) is 16.2 Å². The maximum atomic E-state index is 4.51. The van der Waals surface area contributed by atoms with Crippen molar-refractivity contribution in [3.05, 3.63) is 249 Å². The van der Waals surface area contributed by atoms with Crippen LogP contribution in [0.5, 0.6) is 0 Å². The van der Waals surface area contributed by atoms with Crippen molar-refractivity contribution in [3.63, 3.8) is 0 Å². The molecule has 0 aliphatic heterocycles. The maximum Gasteiger partial charge on any atom is 0.153 e. The fourth-order valence-corrected chi connectivity index (χ4v) is 10.7. The summed E-state index contributed by atoms with van der Waals surface area (Å²) >= 11 is 0. The molecular weight excluding hydrogens is 1670 g/mol. The van der Waals surface area contributed by atoms with Crippen LogP contribution in [-0.2, 0) is 16.2 Å². The minimum atomic E-state index is 0.166. The van der Waals surface area contributed by atoms with Gasteiger partial charge in [-0.2, -0.15) is 30.6 Å². The van der Waals surface area contributed by atoms with Crippen LogP contribution in [0, 0.1) is 0 Å². The predicted octanol–water partition coefficient (Wildman–Crippen LogP) is 29.3. The third-order valence-electron chi connectivity index (χ3n) is 20.8. The Morgan fingerprint density at radius 3 is 0.844 bits per heavy atom. The zero-order valence-corrected chi connectivity index (χ0v) is 92.7. The molecule has 11 rings (SSSR count). The summed E-state index contributed by atoms with van der Waals surface area (Å²) in [6, 6.07) is 12.6. The molecule has 0 atom stereocenters. The quantitative estimate of drug-likeness (QED) is 0.0726. The van der Waals surface area contributed by atoms with Crippen LogP contribution < -0.4 is 0 Å². The second-order valence-corrected chi connectivity index (χ2v) is 43.4.